The first kappa shape index (κ1) is 15.0. The molecule has 0 spiro atoms. The number of carboxylic acid groups (broad SMARTS) is 1. The third-order valence-electron chi connectivity index (χ3n) is 2.64. The van der Waals surface area contributed by atoms with E-state index < -0.39 is 18.0 Å². The lowest BCUT2D eigenvalue weighted by Gasteiger charge is -2.14. The topological polar surface area (TPSA) is 98.7 Å². The van der Waals surface area contributed by atoms with Gasteiger partial charge in [-0.15, -0.1) is 0 Å². The van der Waals surface area contributed by atoms with Crippen molar-refractivity contribution in [1.29, 1.82) is 0 Å². The zero-order valence-corrected chi connectivity index (χ0v) is 10.7. The molecule has 6 heteroatoms. The number of anilines is 1. The first-order chi connectivity index (χ1) is 9.06. The van der Waals surface area contributed by atoms with Gasteiger partial charge in [0.25, 0.3) is 0 Å². The average Bonchev–Trinajstić information content (AvgIpc) is 2.39. The summed E-state index contributed by atoms with van der Waals surface area (Å²) in [5, 5.41) is 22.4. The van der Waals surface area contributed by atoms with Crippen LogP contribution < -0.4 is 10.6 Å². The second-order valence-electron chi connectivity index (χ2n) is 4.05. The Kier molecular flexibility index (Phi) is 5.81. The lowest BCUT2D eigenvalue weighted by atomic mass is 10.1. The Morgan fingerprint density at radius 2 is 1.89 bits per heavy atom. The lowest BCUT2D eigenvalue weighted by Crippen LogP contribution is -2.43. The zero-order chi connectivity index (χ0) is 14.3. The number of benzene rings is 1. The number of hydrogen-bond acceptors (Lipinski definition) is 3. The Labute approximate surface area is 111 Å². The molecular formula is C13H18N2O4. The Hall–Kier alpha value is -2.08. The molecule has 0 aromatic heterocycles. The van der Waals surface area contributed by atoms with Gasteiger partial charge in [-0.3, -0.25) is 0 Å². The van der Waals surface area contributed by atoms with Crippen molar-refractivity contribution >= 4 is 17.7 Å². The van der Waals surface area contributed by atoms with Crippen LogP contribution in [0.4, 0.5) is 10.5 Å². The fourth-order valence-corrected chi connectivity index (χ4v) is 1.54. The second kappa shape index (κ2) is 7.38. The highest BCUT2D eigenvalue weighted by atomic mass is 16.4. The van der Waals surface area contributed by atoms with E-state index in [0.717, 1.165) is 12.0 Å². The summed E-state index contributed by atoms with van der Waals surface area (Å²) in [7, 11) is 0. The minimum atomic E-state index is -1.18. The second-order valence-corrected chi connectivity index (χ2v) is 4.05. The average molecular weight is 266 g/mol. The Morgan fingerprint density at radius 1 is 1.26 bits per heavy atom. The van der Waals surface area contributed by atoms with Crippen LogP contribution in [0.5, 0.6) is 0 Å². The number of carbonyl (C=O) groups excluding carboxylic acids is 1. The highest BCUT2D eigenvalue weighted by Crippen LogP contribution is 2.09. The van der Waals surface area contributed by atoms with Gasteiger partial charge in [-0.25, -0.2) is 9.59 Å². The standard InChI is InChI=1S/C13H18N2O4/c1-2-9-3-5-10(6-4-9)14-13(19)15-11(7-8-16)12(17)18/h3-6,11,16H,2,7-8H2,1H3,(H,17,18)(H2,14,15,19). The van der Waals surface area contributed by atoms with Crippen LogP contribution in [0.2, 0.25) is 0 Å². The summed E-state index contributed by atoms with van der Waals surface area (Å²) in [5.74, 6) is -1.18. The molecule has 1 aromatic carbocycles. The van der Waals surface area contributed by atoms with E-state index in [1.807, 2.05) is 19.1 Å². The summed E-state index contributed by atoms with van der Waals surface area (Å²) in [6, 6.07) is 5.57. The molecule has 1 atom stereocenters. The summed E-state index contributed by atoms with van der Waals surface area (Å²) in [6.07, 6.45) is 0.877. The van der Waals surface area contributed by atoms with Crippen molar-refractivity contribution in [3.63, 3.8) is 0 Å². The molecule has 0 radical (unpaired) electrons. The predicted molar refractivity (Wildman–Crippen MR) is 71.1 cm³/mol. The van der Waals surface area contributed by atoms with Gasteiger partial charge in [0, 0.05) is 18.7 Å². The molecule has 0 aliphatic heterocycles. The van der Waals surface area contributed by atoms with E-state index in [4.69, 9.17) is 10.2 Å². The first-order valence-corrected chi connectivity index (χ1v) is 6.07. The minimum absolute atomic E-state index is 0.0302. The molecule has 2 amide bonds. The number of aliphatic hydroxyl groups excluding tert-OH is 1. The highest BCUT2D eigenvalue weighted by Gasteiger charge is 2.18. The van der Waals surface area contributed by atoms with Crippen molar-refractivity contribution in [2.24, 2.45) is 0 Å². The maximum atomic E-state index is 11.6. The molecule has 1 unspecified atom stereocenters. The van der Waals surface area contributed by atoms with Crippen LogP contribution in [0.1, 0.15) is 18.9 Å². The monoisotopic (exact) mass is 266 g/mol. The van der Waals surface area contributed by atoms with Crippen molar-refractivity contribution in [1.82, 2.24) is 5.32 Å². The summed E-state index contributed by atoms with van der Waals surface area (Å²) >= 11 is 0. The number of aliphatic carboxylic acids is 1. The van der Waals surface area contributed by atoms with Gasteiger partial charge in [0.1, 0.15) is 6.04 Å². The highest BCUT2D eigenvalue weighted by molar-refractivity contribution is 5.92. The van der Waals surface area contributed by atoms with E-state index in [1.54, 1.807) is 12.1 Å². The molecule has 19 heavy (non-hydrogen) atoms. The van der Waals surface area contributed by atoms with Crippen LogP contribution in [0.3, 0.4) is 0 Å². The number of amides is 2. The molecule has 0 aliphatic rings. The molecule has 0 aliphatic carbocycles. The van der Waals surface area contributed by atoms with Gasteiger partial charge in [0.05, 0.1) is 0 Å². The Morgan fingerprint density at radius 3 is 2.37 bits per heavy atom. The smallest absolute Gasteiger partial charge is 0.326 e. The number of carboxylic acids is 1. The Bertz CT molecular complexity index is 431. The summed E-state index contributed by atoms with van der Waals surface area (Å²) in [6.45, 7) is 1.73. The van der Waals surface area contributed by atoms with Crippen LogP contribution in [-0.4, -0.2) is 34.9 Å². The number of aliphatic hydroxyl groups is 1. The van der Waals surface area contributed by atoms with E-state index in [-0.39, 0.29) is 13.0 Å². The van der Waals surface area contributed by atoms with E-state index in [9.17, 15) is 9.59 Å². The first-order valence-electron chi connectivity index (χ1n) is 6.07. The maximum absolute atomic E-state index is 11.6. The summed E-state index contributed by atoms with van der Waals surface area (Å²) < 4.78 is 0. The van der Waals surface area contributed by atoms with Crippen LogP contribution in [0.15, 0.2) is 24.3 Å². The molecule has 0 saturated heterocycles. The molecule has 4 N–H and O–H groups in total. The van der Waals surface area contributed by atoms with Crippen molar-refractivity contribution in [2.75, 3.05) is 11.9 Å². The molecule has 1 aromatic rings. The van der Waals surface area contributed by atoms with Crippen LogP contribution >= 0.6 is 0 Å². The fraction of sp³-hybridized carbons (Fsp3) is 0.385. The largest absolute Gasteiger partial charge is 0.480 e. The van der Waals surface area contributed by atoms with Gasteiger partial charge in [-0.1, -0.05) is 19.1 Å². The third-order valence-corrected chi connectivity index (χ3v) is 2.64. The van der Waals surface area contributed by atoms with Crippen LogP contribution in [-0.2, 0) is 11.2 Å². The quantitative estimate of drug-likeness (QED) is 0.622. The molecule has 0 fully saturated rings. The maximum Gasteiger partial charge on any atom is 0.326 e. The van der Waals surface area contributed by atoms with Crippen molar-refractivity contribution in [2.45, 2.75) is 25.8 Å². The molecule has 104 valence electrons. The lowest BCUT2D eigenvalue weighted by molar-refractivity contribution is -0.139. The number of urea groups is 1. The summed E-state index contributed by atoms with van der Waals surface area (Å²) in [5.41, 5.74) is 1.73. The molecule has 0 bridgehead atoms. The van der Waals surface area contributed by atoms with Gasteiger partial charge in [-0.05, 0) is 24.1 Å². The molecular weight excluding hydrogens is 248 g/mol. The normalized spacial score (nSPS) is 11.7. The van der Waals surface area contributed by atoms with E-state index >= 15 is 0 Å². The van der Waals surface area contributed by atoms with E-state index in [1.165, 1.54) is 0 Å². The SMILES string of the molecule is CCc1ccc(NC(=O)NC(CCO)C(=O)O)cc1. The van der Waals surface area contributed by atoms with Crippen molar-refractivity contribution in [3.05, 3.63) is 29.8 Å². The number of nitrogens with one attached hydrogen (secondary N) is 2. The van der Waals surface area contributed by atoms with Crippen LogP contribution in [0.25, 0.3) is 0 Å². The minimum Gasteiger partial charge on any atom is -0.480 e. The number of hydrogen-bond donors (Lipinski definition) is 4. The molecule has 0 saturated carbocycles. The van der Waals surface area contributed by atoms with Crippen LogP contribution in [0, 0.1) is 0 Å². The number of carbonyl (C=O) groups is 2. The summed E-state index contributed by atoms with van der Waals surface area (Å²) in [4.78, 5) is 22.4. The molecule has 6 nitrogen and oxygen atoms in total. The zero-order valence-electron chi connectivity index (χ0n) is 10.7. The number of rotatable bonds is 6. The predicted octanol–water partition coefficient (Wildman–Crippen LogP) is 1.21. The van der Waals surface area contributed by atoms with E-state index in [2.05, 4.69) is 10.6 Å². The fourth-order valence-electron chi connectivity index (χ4n) is 1.54. The third kappa shape index (κ3) is 4.97. The van der Waals surface area contributed by atoms with Gasteiger partial charge >= 0.3 is 12.0 Å². The van der Waals surface area contributed by atoms with Crippen molar-refractivity contribution in [3.8, 4) is 0 Å². The van der Waals surface area contributed by atoms with Gasteiger partial charge in [0.15, 0.2) is 0 Å². The van der Waals surface area contributed by atoms with Gasteiger partial charge in [-0.2, -0.15) is 0 Å². The van der Waals surface area contributed by atoms with Crippen molar-refractivity contribution < 1.29 is 19.8 Å². The van der Waals surface area contributed by atoms with E-state index in [0.29, 0.717) is 5.69 Å². The molecule has 0 heterocycles. The van der Waals surface area contributed by atoms with Gasteiger partial charge in [0.2, 0.25) is 0 Å². The molecule has 1 rings (SSSR count). The Balaban J connectivity index is 2.55. The number of aryl methyl sites for hydroxylation is 1. The van der Waals surface area contributed by atoms with Gasteiger partial charge < -0.3 is 20.8 Å².